The maximum atomic E-state index is 11.4. The van der Waals surface area contributed by atoms with Gasteiger partial charge in [-0.25, -0.2) is 0 Å². The summed E-state index contributed by atoms with van der Waals surface area (Å²) in [6, 6.07) is 7.32. The van der Waals surface area contributed by atoms with E-state index in [0.29, 0.717) is 5.57 Å². The fourth-order valence-corrected chi connectivity index (χ4v) is 1.49. The molecule has 0 spiro atoms. The van der Waals surface area contributed by atoms with Gasteiger partial charge in [0, 0.05) is 11.3 Å². The predicted molar refractivity (Wildman–Crippen MR) is 53.7 cm³/mol. The van der Waals surface area contributed by atoms with Gasteiger partial charge in [-0.05, 0) is 19.1 Å². The van der Waals surface area contributed by atoms with Crippen LogP contribution in [0.3, 0.4) is 0 Å². The van der Waals surface area contributed by atoms with E-state index < -0.39 is 0 Å². The number of carbonyl (C=O) groups excluding carboxylic acids is 2. The number of carbonyl (C=O) groups is 2. The van der Waals surface area contributed by atoms with Crippen molar-refractivity contribution >= 4 is 23.0 Å². The van der Waals surface area contributed by atoms with Crippen molar-refractivity contribution in [3.05, 3.63) is 35.9 Å². The van der Waals surface area contributed by atoms with Crippen LogP contribution in [0.15, 0.2) is 30.3 Å². The molecular weight excluding hydrogens is 178 g/mol. The molecule has 0 unspecified atom stereocenters. The summed E-state index contributed by atoms with van der Waals surface area (Å²) in [5.41, 5.74) is 2.02. The first-order valence-electron chi connectivity index (χ1n) is 4.31. The number of amides is 1. The highest BCUT2D eigenvalue weighted by Gasteiger charge is 2.23. The van der Waals surface area contributed by atoms with E-state index in [1.54, 1.807) is 0 Å². The zero-order valence-electron chi connectivity index (χ0n) is 7.70. The number of nitrogens with one attached hydrogen (secondary N) is 1. The first kappa shape index (κ1) is 8.69. The third-order valence-electron chi connectivity index (χ3n) is 2.06. The van der Waals surface area contributed by atoms with E-state index in [4.69, 9.17) is 0 Å². The van der Waals surface area contributed by atoms with Gasteiger partial charge in [0.05, 0.1) is 5.57 Å². The third-order valence-corrected chi connectivity index (χ3v) is 2.06. The maximum Gasteiger partial charge on any atom is 0.256 e. The molecule has 2 rings (SSSR count). The molecule has 0 bridgehead atoms. The predicted octanol–water partition coefficient (Wildman–Crippen LogP) is 1.61. The van der Waals surface area contributed by atoms with E-state index in [0.717, 1.165) is 11.3 Å². The summed E-state index contributed by atoms with van der Waals surface area (Å²) < 4.78 is 0. The van der Waals surface area contributed by atoms with E-state index in [-0.39, 0.29) is 11.7 Å². The Kier molecular flexibility index (Phi) is 1.93. The first-order chi connectivity index (χ1) is 6.68. The van der Waals surface area contributed by atoms with Crippen LogP contribution in [-0.4, -0.2) is 11.7 Å². The van der Waals surface area contributed by atoms with Crippen LogP contribution in [0, 0.1) is 0 Å². The summed E-state index contributed by atoms with van der Waals surface area (Å²) >= 11 is 0. The Balaban J connectivity index is 2.55. The quantitative estimate of drug-likeness (QED) is 0.679. The van der Waals surface area contributed by atoms with Gasteiger partial charge in [0.25, 0.3) is 5.91 Å². The number of anilines is 1. The third kappa shape index (κ3) is 1.33. The van der Waals surface area contributed by atoms with Gasteiger partial charge in [-0.3, -0.25) is 9.59 Å². The fourth-order valence-electron chi connectivity index (χ4n) is 1.49. The maximum absolute atomic E-state index is 11.4. The Labute approximate surface area is 81.4 Å². The smallest absolute Gasteiger partial charge is 0.256 e. The molecule has 1 amide bonds. The molecule has 1 heterocycles. The number of benzene rings is 1. The molecule has 0 radical (unpaired) electrons. The summed E-state index contributed by atoms with van der Waals surface area (Å²) in [6.07, 6.45) is 1.36. The van der Waals surface area contributed by atoms with Gasteiger partial charge in [-0.15, -0.1) is 0 Å². The largest absolute Gasteiger partial charge is 0.321 e. The van der Waals surface area contributed by atoms with Crippen molar-refractivity contribution in [1.29, 1.82) is 0 Å². The Morgan fingerprint density at radius 3 is 2.79 bits per heavy atom. The van der Waals surface area contributed by atoms with Gasteiger partial charge in [0.15, 0.2) is 5.78 Å². The average Bonchev–Trinajstić information content (AvgIpc) is 2.43. The molecular formula is C11H9NO2. The molecule has 14 heavy (non-hydrogen) atoms. The lowest BCUT2D eigenvalue weighted by Crippen LogP contribution is -2.04. The Morgan fingerprint density at radius 2 is 2.07 bits per heavy atom. The minimum atomic E-state index is -0.207. The number of ketones is 1. The SMILES string of the molecule is CC(=O)/C=C1\C(=O)Nc2ccccc21. The monoisotopic (exact) mass is 187 g/mol. The Morgan fingerprint density at radius 1 is 1.36 bits per heavy atom. The second-order valence-corrected chi connectivity index (χ2v) is 3.17. The molecule has 1 aromatic rings. The molecule has 3 nitrogen and oxygen atoms in total. The van der Waals surface area contributed by atoms with Gasteiger partial charge in [0.1, 0.15) is 0 Å². The van der Waals surface area contributed by atoms with Crippen molar-refractivity contribution in [2.24, 2.45) is 0 Å². The van der Waals surface area contributed by atoms with Crippen LogP contribution in [0.1, 0.15) is 12.5 Å². The number of rotatable bonds is 1. The van der Waals surface area contributed by atoms with Crippen LogP contribution in [0.2, 0.25) is 0 Å². The highest BCUT2D eigenvalue weighted by Crippen LogP contribution is 2.30. The van der Waals surface area contributed by atoms with Crippen LogP contribution in [0.25, 0.3) is 5.57 Å². The van der Waals surface area contributed by atoms with Gasteiger partial charge < -0.3 is 5.32 Å². The standard InChI is InChI=1S/C11H9NO2/c1-7(13)6-9-8-4-2-3-5-10(8)12-11(9)14/h2-6H,1H3,(H,12,14)/b9-6-. The summed E-state index contributed by atoms with van der Waals surface area (Å²) in [7, 11) is 0. The van der Waals surface area contributed by atoms with Crippen LogP contribution >= 0.6 is 0 Å². The molecule has 0 aliphatic carbocycles. The lowest BCUT2D eigenvalue weighted by atomic mass is 10.1. The summed E-state index contributed by atoms with van der Waals surface area (Å²) in [5, 5.41) is 2.69. The molecule has 3 heteroatoms. The van der Waals surface area contributed by atoms with Crippen molar-refractivity contribution in [2.45, 2.75) is 6.92 Å². The number of allylic oxidation sites excluding steroid dienone is 1. The zero-order chi connectivity index (χ0) is 10.1. The topological polar surface area (TPSA) is 46.2 Å². The molecule has 1 aliphatic heterocycles. The van der Waals surface area contributed by atoms with Gasteiger partial charge >= 0.3 is 0 Å². The van der Waals surface area contributed by atoms with Crippen molar-refractivity contribution in [3.63, 3.8) is 0 Å². The number of fused-ring (bicyclic) bond motifs is 1. The van der Waals surface area contributed by atoms with Gasteiger partial charge in [-0.2, -0.15) is 0 Å². The summed E-state index contributed by atoms with van der Waals surface area (Å²) in [4.78, 5) is 22.3. The Bertz CT molecular complexity index is 446. The minimum Gasteiger partial charge on any atom is -0.321 e. The second-order valence-electron chi connectivity index (χ2n) is 3.17. The fraction of sp³-hybridized carbons (Fsp3) is 0.0909. The molecule has 0 atom stereocenters. The van der Waals surface area contributed by atoms with Crippen LogP contribution in [0.4, 0.5) is 5.69 Å². The Hall–Kier alpha value is -1.90. The lowest BCUT2D eigenvalue weighted by molar-refractivity contribution is -0.113. The van der Waals surface area contributed by atoms with Crippen LogP contribution in [0.5, 0.6) is 0 Å². The first-order valence-corrected chi connectivity index (χ1v) is 4.31. The average molecular weight is 187 g/mol. The number of hydrogen-bond donors (Lipinski definition) is 1. The normalized spacial score (nSPS) is 16.6. The molecule has 70 valence electrons. The van der Waals surface area contributed by atoms with Crippen molar-refractivity contribution in [3.8, 4) is 0 Å². The van der Waals surface area contributed by atoms with Crippen molar-refractivity contribution < 1.29 is 9.59 Å². The number of para-hydroxylation sites is 1. The molecule has 1 aliphatic rings. The molecule has 1 N–H and O–H groups in total. The molecule has 0 saturated heterocycles. The molecule has 0 aromatic heterocycles. The summed E-state index contributed by atoms with van der Waals surface area (Å²) in [5.74, 6) is -0.326. The van der Waals surface area contributed by atoms with E-state index >= 15 is 0 Å². The van der Waals surface area contributed by atoms with Gasteiger partial charge in [0.2, 0.25) is 0 Å². The zero-order valence-corrected chi connectivity index (χ0v) is 7.70. The molecule has 1 aromatic carbocycles. The van der Waals surface area contributed by atoms with Crippen LogP contribution < -0.4 is 5.32 Å². The highest BCUT2D eigenvalue weighted by atomic mass is 16.2. The van der Waals surface area contributed by atoms with E-state index in [1.807, 2.05) is 24.3 Å². The summed E-state index contributed by atoms with van der Waals surface area (Å²) in [6.45, 7) is 1.43. The molecule has 0 fully saturated rings. The van der Waals surface area contributed by atoms with Crippen molar-refractivity contribution in [2.75, 3.05) is 5.32 Å². The highest BCUT2D eigenvalue weighted by molar-refractivity contribution is 6.33. The lowest BCUT2D eigenvalue weighted by Gasteiger charge is -1.94. The number of hydrogen-bond acceptors (Lipinski definition) is 2. The molecule has 0 saturated carbocycles. The van der Waals surface area contributed by atoms with Gasteiger partial charge in [-0.1, -0.05) is 18.2 Å². The second kappa shape index (κ2) is 3.10. The minimum absolute atomic E-state index is 0.119. The van der Waals surface area contributed by atoms with Crippen LogP contribution in [-0.2, 0) is 9.59 Å². The van der Waals surface area contributed by atoms with E-state index in [1.165, 1.54) is 13.0 Å². The van der Waals surface area contributed by atoms with E-state index in [2.05, 4.69) is 5.32 Å². The van der Waals surface area contributed by atoms with Crippen molar-refractivity contribution in [1.82, 2.24) is 0 Å². The van der Waals surface area contributed by atoms with E-state index in [9.17, 15) is 9.59 Å².